The molecular weight excluding hydrogens is 364 g/mol. The molecule has 0 radical (unpaired) electrons. The van der Waals surface area contributed by atoms with Crippen LogP contribution in [0.15, 0.2) is 41.4 Å². The number of hydrogen-bond donors (Lipinski definition) is 0. The number of fused-ring (bicyclic) bond motifs is 1. The lowest BCUT2D eigenvalue weighted by Gasteiger charge is -2.08. The van der Waals surface area contributed by atoms with E-state index in [9.17, 15) is 4.79 Å². The van der Waals surface area contributed by atoms with Crippen molar-refractivity contribution in [3.63, 3.8) is 0 Å². The molecule has 27 heavy (non-hydrogen) atoms. The molecule has 6 nitrogen and oxygen atoms in total. The van der Waals surface area contributed by atoms with E-state index >= 15 is 0 Å². The maximum Gasteiger partial charge on any atom is 0.283 e. The van der Waals surface area contributed by atoms with Crippen LogP contribution in [0.3, 0.4) is 0 Å². The summed E-state index contributed by atoms with van der Waals surface area (Å²) in [6, 6.07) is 10.9. The van der Waals surface area contributed by atoms with Gasteiger partial charge in [0.1, 0.15) is 22.8 Å². The first kappa shape index (κ1) is 19.0. The first-order chi connectivity index (χ1) is 13.1. The van der Waals surface area contributed by atoms with Crippen LogP contribution in [0.25, 0.3) is 10.2 Å². The lowest BCUT2D eigenvalue weighted by atomic mass is 10.2. The summed E-state index contributed by atoms with van der Waals surface area (Å²) in [6.07, 6.45) is 0. The van der Waals surface area contributed by atoms with Gasteiger partial charge in [0.25, 0.3) is 5.91 Å². The number of carbonyl (C=O) groups is 1. The Labute approximate surface area is 161 Å². The molecule has 0 aliphatic rings. The van der Waals surface area contributed by atoms with Crippen molar-refractivity contribution in [2.75, 3.05) is 20.8 Å². The molecule has 1 heterocycles. The van der Waals surface area contributed by atoms with E-state index in [2.05, 4.69) is 4.99 Å². The van der Waals surface area contributed by atoms with Gasteiger partial charge in [0.2, 0.25) is 0 Å². The van der Waals surface area contributed by atoms with Crippen molar-refractivity contribution in [1.29, 1.82) is 0 Å². The van der Waals surface area contributed by atoms with Crippen LogP contribution in [-0.4, -0.2) is 31.3 Å². The standard InChI is InChI=1S/C20H22N2O4S/c1-5-22-18-15(26-6-2)8-7-9-17(18)27-20(22)21-19(23)14-11-10-13(24-3)12-16(14)25-4/h7-12H,5-6H2,1-4H3. The molecule has 3 aromatic rings. The number of carbonyl (C=O) groups excluding carboxylic acids is 1. The Morgan fingerprint density at radius 3 is 2.59 bits per heavy atom. The second kappa shape index (κ2) is 8.26. The molecule has 0 fully saturated rings. The summed E-state index contributed by atoms with van der Waals surface area (Å²) in [5.41, 5.74) is 1.35. The topological polar surface area (TPSA) is 62.1 Å². The zero-order valence-electron chi connectivity index (χ0n) is 15.8. The summed E-state index contributed by atoms with van der Waals surface area (Å²) < 4.78 is 19.3. The van der Waals surface area contributed by atoms with Gasteiger partial charge in [0, 0.05) is 12.6 Å². The zero-order valence-corrected chi connectivity index (χ0v) is 16.6. The highest BCUT2D eigenvalue weighted by Gasteiger charge is 2.15. The van der Waals surface area contributed by atoms with Crippen LogP contribution in [-0.2, 0) is 6.54 Å². The average Bonchev–Trinajstić information content (AvgIpc) is 3.05. The van der Waals surface area contributed by atoms with E-state index in [4.69, 9.17) is 14.2 Å². The SMILES string of the molecule is CCOc1cccc2sc(=NC(=O)c3ccc(OC)cc3OC)n(CC)c12. The highest BCUT2D eigenvalue weighted by molar-refractivity contribution is 7.16. The molecule has 142 valence electrons. The van der Waals surface area contributed by atoms with E-state index in [0.29, 0.717) is 35.0 Å². The van der Waals surface area contributed by atoms with Gasteiger partial charge in [0.15, 0.2) is 4.80 Å². The molecule has 0 spiro atoms. The summed E-state index contributed by atoms with van der Waals surface area (Å²) >= 11 is 1.46. The van der Waals surface area contributed by atoms with E-state index < -0.39 is 0 Å². The molecule has 0 unspecified atom stereocenters. The van der Waals surface area contributed by atoms with Crippen molar-refractivity contribution in [3.8, 4) is 17.2 Å². The number of thiazole rings is 1. The molecular formula is C20H22N2O4S. The van der Waals surface area contributed by atoms with Crippen molar-refractivity contribution in [3.05, 3.63) is 46.8 Å². The highest BCUT2D eigenvalue weighted by atomic mass is 32.1. The van der Waals surface area contributed by atoms with Gasteiger partial charge in [-0.25, -0.2) is 0 Å². The van der Waals surface area contributed by atoms with Gasteiger partial charge in [-0.3, -0.25) is 4.79 Å². The fourth-order valence-corrected chi connectivity index (χ4v) is 3.98. The van der Waals surface area contributed by atoms with Gasteiger partial charge in [-0.1, -0.05) is 17.4 Å². The Hall–Kier alpha value is -2.80. The molecule has 7 heteroatoms. The second-order valence-electron chi connectivity index (χ2n) is 5.65. The third-order valence-corrected chi connectivity index (χ3v) is 5.16. The number of hydrogen-bond acceptors (Lipinski definition) is 5. The third kappa shape index (κ3) is 3.68. The van der Waals surface area contributed by atoms with E-state index in [-0.39, 0.29) is 5.91 Å². The van der Waals surface area contributed by atoms with E-state index in [1.807, 2.05) is 36.6 Å². The number of methoxy groups -OCH3 is 2. The Bertz CT molecular complexity index is 1040. The summed E-state index contributed by atoms with van der Waals surface area (Å²) in [5.74, 6) is 1.49. The molecule has 0 N–H and O–H groups in total. The molecule has 0 saturated heterocycles. The van der Waals surface area contributed by atoms with Crippen LogP contribution in [0.1, 0.15) is 24.2 Å². The van der Waals surface area contributed by atoms with Gasteiger partial charge < -0.3 is 18.8 Å². The fraction of sp³-hybridized carbons (Fsp3) is 0.300. The molecule has 3 rings (SSSR count). The van der Waals surface area contributed by atoms with Crippen molar-refractivity contribution >= 4 is 27.5 Å². The van der Waals surface area contributed by atoms with E-state index in [0.717, 1.165) is 16.0 Å². The van der Waals surface area contributed by atoms with Crippen molar-refractivity contribution < 1.29 is 19.0 Å². The number of rotatable bonds is 6. The van der Waals surface area contributed by atoms with Gasteiger partial charge in [-0.15, -0.1) is 0 Å². The molecule has 0 saturated carbocycles. The van der Waals surface area contributed by atoms with Crippen LogP contribution >= 0.6 is 11.3 Å². The highest BCUT2D eigenvalue weighted by Crippen LogP contribution is 2.28. The summed E-state index contributed by atoms with van der Waals surface area (Å²) in [4.78, 5) is 17.8. The molecule has 0 aliphatic heterocycles. The summed E-state index contributed by atoms with van der Waals surface area (Å²) in [5, 5.41) is 0. The van der Waals surface area contributed by atoms with Gasteiger partial charge in [-0.2, -0.15) is 4.99 Å². The number of benzene rings is 2. The van der Waals surface area contributed by atoms with Crippen molar-refractivity contribution in [2.24, 2.45) is 4.99 Å². The molecule has 1 amide bonds. The Kier molecular flexibility index (Phi) is 5.81. The minimum atomic E-state index is -0.360. The normalized spacial score (nSPS) is 11.6. The Morgan fingerprint density at radius 1 is 1.11 bits per heavy atom. The zero-order chi connectivity index (χ0) is 19.4. The largest absolute Gasteiger partial charge is 0.497 e. The Morgan fingerprint density at radius 2 is 1.93 bits per heavy atom. The first-order valence-electron chi connectivity index (χ1n) is 8.69. The molecule has 0 aliphatic carbocycles. The van der Waals surface area contributed by atoms with Crippen LogP contribution in [0.5, 0.6) is 17.2 Å². The third-order valence-electron chi connectivity index (χ3n) is 4.12. The molecule has 2 aromatic carbocycles. The second-order valence-corrected chi connectivity index (χ2v) is 6.66. The number of aromatic nitrogens is 1. The maximum atomic E-state index is 12.8. The molecule has 0 bridgehead atoms. The number of ether oxygens (including phenoxy) is 3. The quantitative estimate of drug-likeness (QED) is 0.645. The first-order valence-corrected chi connectivity index (χ1v) is 9.50. The maximum absolute atomic E-state index is 12.8. The van der Waals surface area contributed by atoms with Crippen LogP contribution in [0.2, 0.25) is 0 Å². The van der Waals surface area contributed by atoms with Gasteiger partial charge >= 0.3 is 0 Å². The lowest BCUT2D eigenvalue weighted by molar-refractivity contribution is 0.0995. The Balaban J connectivity index is 2.13. The fourth-order valence-electron chi connectivity index (χ4n) is 2.87. The van der Waals surface area contributed by atoms with E-state index in [1.54, 1.807) is 25.3 Å². The minimum absolute atomic E-state index is 0.360. The number of para-hydroxylation sites is 1. The smallest absolute Gasteiger partial charge is 0.283 e. The summed E-state index contributed by atoms with van der Waals surface area (Å²) in [7, 11) is 3.09. The van der Waals surface area contributed by atoms with Crippen LogP contribution < -0.4 is 19.0 Å². The van der Waals surface area contributed by atoms with Crippen LogP contribution in [0.4, 0.5) is 0 Å². The molecule has 1 aromatic heterocycles. The van der Waals surface area contributed by atoms with E-state index in [1.165, 1.54) is 18.4 Å². The average molecular weight is 386 g/mol. The number of nitrogens with zero attached hydrogens (tertiary/aromatic N) is 2. The minimum Gasteiger partial charge on any atom is -0.497 e. The van der Waals surface area contributed by atoms with Gasteiger partial charge in [0.05, 0.1) is 31.1 Å². The lowest BCUT2D eigenvalue weighted by Crippen LogP contribution is -2.16. The van der Waals surface area contributed by atoms with Crippen LogP contribution in [0, 0.1) is 0 Å². The van der Waals surface area contributed by atoms with Crippen molar-refractivity contribution in [1.82, 2.24) is 4.57 Å². The van der Waals surface area contributed by atoms with Gasteiger partial charge in [-0.05, 0) is 38.1 Å². The molecule has 0 atom stereocenters. The predicted molar refractivity (Wildman–Crippen MR) is 106 cm³/mol. The summed E-state index contributed by atoms with van der Waals surface area (Å²) in [6.45, 7) is 5.22. The number of aryl methyl sites for hydroxylation is 1. The monoisotopic (exact) mass is 386 g/mol. The predicted octanol–water partition coefficient (Wildman–Crippen LogP) is 3.88. The number of amides is 1. The van der Waals surface area contributed by atoms with Crippen molar-refractivity contribution in [2.45, 2.75) is 20.4 Å².